The first kappa shape index (κ1) is 10.5. The van der Waals surface area contributed by atoms with Gasteiger partial charge in [-0.25, -0.2) is 0 Å². The predicted octanol–water partition coefficient (Wildman–Crippen LogP) is 0.132. The molecule has 13 heavy (non-hydrogen) atoms. The van der Waals surface area contributed by atoms with E-state index >= 15 is 0 Å². The Morgan fingerprint density at radius 1 is 1.69 bits per heavy atom. The third-order valence-electron chi connectivity index (χ3n) is 2.81. The molecule has 1 aliphatic rings. The van der Waals surface area contributed by atoms with Crippen LogP contribution in [0.25, 0.3) is 0 Å². The van der Waals surface area contributed by atoms with E-state index in [1.807, 2.05) is 7.05 Å². The van der Waals surface area contributed by atoms with Crippen LogP contribution in [0.3, 0.4) is 0 Å². The van der Waals surface area contributed by atoms with Crippen molar-refractivity contribution in [2.75, 3.05) is 26.7 Å². The largest absolute Gasteiger partial charge is 0.481 e. The van der Waals surface area contributed by atoms with Crippen LogP contribution < -0.4 is 5.73 Å². The Hall–Kier alpha value is -0.610. The molecular weight excluding hydrogens is 168 g/mol. The molecular formula is C9H18N2O2. The molecule has 4 nitrogen and oxygen atoms in total. The summed E-state index contributed by atoms with van der Waals surface area (Å²) in [4.78, 5) is 12.8. The van der Waals surface area contributed by atoms with Crippen LogP contribution in [0.1, 0.15) is 19.3 Å². The van der Waals surface area contributed by atoms with Gasteiger partial charge in [0.2, 0.25) is 0 Å². The monoisotopic (exact) mass is 186 g/mol. The average molecular weight is 186 g/mol. The van der Waals surface area contributed by atoms with Gasteiger partial charge in [-0.2, -0.15) is 0 Å². The Labute approximate surface area is 78.7 Å². The first-order valence-electron chi connectivity index (χ1n) is 4.68. The Bertz CT molecular complexity index is 196. The summed E-state index contributed by atoms with van der Waals surface area (Å²) in [6, 6.07) is 0. The van der Waals surface area contributed by atoms with E-state index in [1.165, 1.54) is 0 Å². The van der Waals surface area contributed by atoms with Crippen molar-refractivity contribution in [1.29, 1.82) is 0 Å². The normalized spacial score (nSPS) is 30.3. The zero-order valence-corrected chi connectivity index (χ0v) is 8.12. The average Bonchev–Trinajstić information content (AvgIpc) is 2.03. The van der Waals surface area contributed by atoms with Gasteiger partial charge >= 0.3 is 5.97 Å². The summed E-state index contributed by atoms with van der Waals surface area (Å²) in [5, 5.41) is 8.77. The molecule has 0 bridgehead atoms. The molecule has 4 heteroatoms. The molecule has 0 aliphatic carbocycles. The number of rotatable bonds is 3. The van der Waals surface area contributed by atoms with Gasteiger partial charge in [-0.15, -0.1) is 0 Å². The lowest BCUT2D eigenvalue weighted by Crippen LogP contribution is -2.46. The van der Waals surface area contributed by atoms with Crippen molar-refractivity contribution in [3.63, 3.8) is 0 Å². The maximum atomic E-state index is 10.7. The molecule has 0 radical (unpaired) electrons. The van der Waals surface area contributed by atoms with Gasteiger partial charge < -0.3 is 15.7 Å². The molecule has 0 aromatic carbocycles. The van der Waals surface area contributed by atoms with Gasteiger partial charge in [-0.1, -0.05) is 0 Å². The van der Waals surface area contributed by atoms with Crippen molar-refractivity contribution in [2.45, 2.75) is 19.3 Å². The Morgan fingerprint density at radius 3 is 2.85 bits per heavy atom. The van der Waals surface area contributed by atoms with E-state index in [2.05, 4.69) is 4.90 Å². The van der Waals surface area contributed by atoms with Crippen molar-refractivity contribution in [2.24, 2.45) is 11.1 Å². The number of hydrogen-bond acceptors (Lipinski definition) is 3. The molecule has 1 unspecified atom stereocenters. The summed E-state index contributed by atoms with van der Waals surface area (Å²) in [5.41, 5.74) is 5.48. The lowest BCUT2D eigenvalue weighted by molar-refractivity contribution is -0.140. The summed E-state index contributed by atoms with van der Waals surface area (Å²) in [6.07, 6.45) is 2.20. The van der Waals surface area contributed by atoms with Crippen molar-refractivity contribution in [3.05, 3.63) is 0 Å². The van der Waals surface area contributed by atoms with Crippen molar-refractivity contribution in [1.82, 2.24) is 4.90 Å². The molecule has 1 fully saturated rings. The highest BCUT2D eigenvalue weighted by Gasteiger charge is 2.34. The molecule has 1 atom stereocenters. The number of nitrogens with two attached hydrogens (primary N) is 1. The van der Waals surface area contributed by atoms with E-state index in [0.717, 1.165) is 25.9 Å². The van der Waals surface area contributed by atoms with E-state index in [1.54, 1.807) is 0 Å². The lowest BCUT2D eigenvalue weighted by atomic mass is 9.77. The Kier molecular flexibility index (Phi) is 3.27. The highest BCUT2D eigenvalue weighted by Crippen LogP contribution is 2.31. The van der Waals surface area contributed by atoms with Crippen molar-refractivity contribution >= 4 is 5.97 Å². The van der Waals surface area contributed by atoms with Gasteiger partial charge in [0.1, 0.15) is 0 Å². The third kappa shape index (κ3) is 2.67. The molecule has 0 spiro atoms. The summed E-state index contributed by atoms with van der Waals surface area (Å²) in [7, 11) is 2.02. The smallest absolute Gasteiger partial charge is 0.304 e. The van der Waals surface area contributed by atoms with Crippen LogP contribution in [0.4, 0.5) is 0 Å². The number of hydrogen-bond donors (Lipinski definition) is 2. The van der Waals surface area contributed by atoms with Crippen LogP contribution in [-0.2, 0) is 4.79 Å². The van der Waals surface area contributed by atoms with Crippen LogP contribution in [0.5, 0.6) is 0 Å². The number of carboxylic acid groups (broad SMARTS) is 1. The molecule has 1 heterocycles. The number of piperidine rings is 1. The summed E-state index contributed by atoms with van der Waals surface area (Å²) >= 11 is 0. The summed E-state index contributed by atoms with van der Waals surface area (Å²) in [5.74, 6) is -0.735. The molecule has 1 rings (SSSR count). The summed E-state index contributed by atoms with van der Waals surface area (Å²) in [6.45, 7) is 2.35. The molecule has 3 N–H and O–H groups in total. The van der Waals surface area contributed by atoms with Crippen LogP contribution in [-0.4, -0.2) is 42.7 Å². The third-order valence-corrected chi connectivity index (χ3v) is 2.81. The van der Waals surface area contributed by atoms with E-state index in [-0.39, 0.29) is 11.8 Å². The topological polar surface area (TPSA) is 66.6 Å². The number of nitrogens with zero attached hydrogens (tertiary/aromatic N) is 1. The molecule has 1 aliphatic heterocycles. The summed E-state index contributed by atoms with van der Waals surface area (Å²) < 4.78 is 0. The fraction of sp³-hybridized carbons (Fsp3) is 0.889. The number of aliphatic carboxylic acids is 1. The highest BCUT2D eigenvalue weighted by atomic mass is 16.4. The van der Waals surface area contributed by atoms with E-state index < -0.39 is 5.97 Å². The minimum absolute atomic E-state index is 0.182. The molecule has 0 saturated carbocycles. The van der Waals surface area contributed by atoms with Crippen LogP contribution in [0, 0.1) is 5.41 Å². The van der Waals surface area contributed by atoms with Crippen molar-refractivity contribution in [3.8, 4) is 0 Å². The van der Waals surface area contributed by atoms with Gasteiger partial charge in [0.05, 0.1) is 6.42 Å². The number of likely N-dealkylation sites (tertiary alicyclic amines) is 1. The first-order valence-corrected chi connectivity index (χ1v) is 4.68. The van der Waals surface area contributed by atoms with E-state index in [9.17, 15) is 4.79 Å². The van der Waals surface area contributed by atoms with Gasteiger partial charge in [0, 0.05) is 12.0 Å². The minimum atomic E-state index is -0.735. The fourth-order valence-electron chi connectivity index (χ4n) is 2.16. The fourth-order valence-corrected chi connectivity index (χ4v) is 2.16. The first-order chi connectivity index (χ1) is 6.08. The molecule has 0 amide bonds. The predicted molar refractivity (Wildman–Crippen MR) is 50.5 cm³/mol. The SMILES string of the molecule is CN1CCCC(CN)(CC(=O)O)C1. The zero-order valence-electron chi connectivity index (χ0n) is 8.12. The van der Waals surface area contributed by atoms with Crippen LogP contribution in [0.15, 0.2) is 0 Å². The quantitative estimate of drug-likeness (QED) is 0.657. The number of carbonyl (C=O) groups is 1. The second kappa shape index (κ2) is 4.07. The minimum Gasteiger partial charge on any atom is -0.481 e. The zero-order chi connectivity index (χ0) is 9.90. The second-order valence-electron chi connectivity index (χ2n) is 4.12. The Balaban J connectivity index is 2.61. The molecule has 0 aromatic heterocycles. The highest BCUT2D eigenvalue weighted by molar-refractivity contribution is 5.67. The van der Waals surface area contributed by atoms with Crippen LogP contribution in [0.2, 0.25) is 0 Å². The maximum Gasteiger partial charge on any atom is 0.304 e. The number of carboxylic acids is 1. The standard InChI is InChI=1S/C9H18N2O2/c1-11-4-2-3-9(6-10,7-11)5-8(12)13/h2-7,10H2,1H3,(H,12,13). The maximum absolute atomic E-state index is 10.7. The van der Waals surface area contributed by atoms with E-state index in [4.69, 9.17) is 10.8 Å². The van der Waals surface area contributed by atoms with E-state index in [0.29, 0.717) is 6.54 Å². The van der Waals surface area contributed by atoms with Gasteiger partial charge in [-0.3, -0.25) is 4.79 Å². The lowest BCUT2D eigenvalue weighted by Gasteiger charge is -2.39. The molecule has 76 valence electrons. The van der Waals surface area contributed by atoms with Crippen LogP contribution >= 0.6 is 0 Å². The van der Waals surface area contributed by atoms with Gasteiger partial charge in [0.25, 0.3) is 0 Å². The second-order valence-corrected chi connectivity index (χ2v) is 4.12. The van der Waals surface area contributed by atoms with Gasteiger partial charge in [0.15, 0.2) is 0 Å². The Morgan fingerprint density at radius 2 is 2.38 bits per heavy atom. The molecule has 0 aromatic rings. The van der Waals surface area contributed by atoms with Crippen molar-refractivity contribution < 1.29 is 9.90 Å². The van der Waals surface area contributed by atoms with Gasteiger partial charge in [-0.05, 0) is 33.0 Å². The molecule has 1 saturated heterocycles.